The number of rotatable bonds is 9. The van der Waals surface area contributed by atoms with Crippen molar-refractivity contribution in [2.45, 2.75) is 25.9 Å². The monoisotopic (exact) mass is 425 g/mol. The lowest BCUT2D eigenvalue weighted by Crippen LogP contribution is -2.40. The Kier molecular flexibility index (Phi) is 7.42. The maximum absolute atomic E-state index is 12.7. The summed E-state index contributed by atoms with van der Waals surface area (Å²) in [6.45, 7) is 3.04. The zero-order valence-corrected chi connectivity index (χ0v) is 18.1. The molecule has 1 atom stereocenters. The Labute approximate surface area is 179 Å². The molecule has 1 N–H and O–H groups in total. The Bertz CT molecular complexity index is 959. The first-order valence-corrected chi connectivity index (χ1v) is 11.0. The fraction of sp³-hybridized carbons (Fsp3) is 0.273. The number of carbonyl (C=O) groups excluding carboxylic acids is 1. The summed E-state index contributed by atoms with van der Waals surface area (Å²) in [4.78, 5) is 16.2. The summed E-state index contributed by atoms with van der Waals surface area (Å²) < 4.78 is 5.24. The van der Waals surface area contributed by atoms with Crippen molar-refractivity contribution in [1.29, 1.82) is 5.26 Å². The lowest BCUT2D eigenvalue weighted by molar-refractivity contribution is -0.117. The fourth-order valence-corrected chi connectivity index (χ4v) is 4.61. The highest BCUT2D eigenvalue weighted by Crippen LogP contribution is 2.23. The molecule has 0 aliphatic rings. The standard InChI is InChI=1S/C22H23N3O2S2/c1-16(12-20-4-3-10-28-20)25(14-17-5-7-19(27-2)8-6-17)15-21(26)24-22-18(13-23)9-11-29-22/h3-11,16H,12,14-15H2,1-2H3,(H,24,26). The van der Waals surface area contributed by atoms with E-state index in [1.165, 1.54) is 16.2 Å². The van der Waals surface area contributed by atoms with Crippen LogP contribution in [0.3, 0.4) is 0 Å². The van der Waals surface area contributed by atoms with Crippen LogP contribution in [0.15, 0.2) is 53.2 Å². The molecule has 2 heterocycles. The van der Waals surface area contributed by atoms with Crippen LogP contribution in [0, 0.1) is 11.3 Å². The van der Waals surface area contributed by atoms with Gasteiger partial charge in [-0.2, -0.15) is 5.26 Å². The number of carbonyl (C=O) groups is 1. The smallest absolute Gasteiger partial charge is 0.239 e. The first-order chi connectivity index (χ1) is 14.1. The minimum absolute atomic E-state index is 0.115. The highest BCUT2D eigenvalue weighted by Gasteiger charge is 2.20. The van der Waals surface area contributed by atoms with Crippen molar-refractivity contribution >= 4 is 33.6 Å². The second kappa shape index (κ2) is 10.2. The third kappa shape index (κ3) is 5.91. The molecule has 3 aromatic rings. The van der Waals surface area contributed by atoms with Crippen molar-refractivity contribution in [2.24, 2.45) is 0 Å². The molecular formula is C22H23N3O2S2. The number of methoxy groups -OCH3 is 1. The molecule has 2 aromatic heterocycles. The number of nitriles is 1. The number of hydrogen-bond acceptors (Lipinski definition) is 6. The lowest BCUT2D eigenvalue weighted by Gasteiger charge is -2.28. The zero-order valence-electron chi connectivity index (χ0n) is 16.4. The van der Waals surface area contributed by atoms with E-state index < -0.39 is 0 Å². The number of thiophene rings is 2. The number of benzene rings is 1. The highest BCUT2D eigenvalue weighted by molar-refractivity contribution is 7.14. The van der Waals surface area contributed by atoms with E-state index in [4.69, 9.17) is 10.00 Å². The number of anilines is 1. The molecule has 0 fully saturated rings. The molecule has 1 aromatic carbocycles. The van der Waals surface area contributed by atoms with Crippen LogP contribution in [-0.4, -0.2) is 30.5 Å². The average molecular weight is 426 g/mol. The summed E-state index contributed by atoms with van der Waals surface area (Å²) >= 11 is 3.09. The zero-order chi connectivity index (χ0) is 20.6. The van der Waals surface area contributed by atoms with Gasteiger partial charge in [0.05, 0.1) is 19.2 Å². The third-order valence-corrected chi connectivity index (χ3v) is 6.36. The number of nitrogens with zero attached hydrogens (tertiary/aromatic N) is 2. The van der Waals surface area contributed by atoms with Gasteiger partial charge in [-0.05, 0) is 53.9 Å². The number of nitrogens with one attached hydrogen (secondary N) is 1. The average Bonchev–Trinajstić information content (AvgIpc) is 3.39. The fourth-order valence-electron chi connectivity index (χ4n) is 3.03. The number of amides is 1. The summed E-state index contributed by atoms with van der Waals surface area (Å²) in [5.74, 6) is 0.696. The molecule has 1 amide bonds. The first kappa shape index (κ1) is 21.1. The van der Waals surface area contributed by atoms with Crippen LogP contribution in [0.5, 0.6) is 5.75 Å². The highest BCUT2D eigenvalue weighted by atomic mass is 32.1. The van der Waals surface area contributed by atoms with Gasteiger partial charge in [0.1, 0.15) is 16.8 Å². The van der Waals surface area contributed by atoms with Gasteiger partial charge in [-0.3, -0.25) is 9.69 Å². The molecule has 3 rings (SSSR count). The Morgan fingerprint density at radius 3 is 2.66 bits per heavy atom. The summed E-state index contributed by atoms with van der Waals surface area (Å²) in [6, 6.07) is 16.1. The van der Waals surface area contributed by atoms with Gasteiger partial charge >= 0.3 is 0 Å². The van der Waals surface area contributed by atoms with E-state index in [0.29, 0.717) is 17.1 Å². The van der Waals surface area contributed by atoms with Gasteiger partial charge in [0.15, 0.2) is 0 Å². The molecule has 0 saturated carbocycles. The minimum Gasteiger partial charge on any atom is -0.497 e. The Balaban J connectivity index is 1.71. The van der Waals surface area contributed by atoms with E-state index in [-0.39, 0.29) is 18.5 Å². The molecule has 0 spiro atoms. The largest absolute Gasteiger partial charge is 0.497 e. The van der Waals surface area contributed by atoms with E-state index in [1.807, 2.05) is 35.7 Å². The summed E-state index contributed by atoms with van der Waals surface area (Å²) in [5.41, 5.74) is 1.61. The van der Waals surface area contributed by atoms with E-state index in [0.717, 1.165) is 17.7 Å². The van der Waals surface area contributed by atoms with Gasteiger partial charge in [0.25, 0.3) is 0 Å². The minimum atomic E-state index is -0.115. The quantitative estimate of drug-likeness (QED) is 0.537. The van der Waals surface area contributed by atoms with Gasteiger partial charge < -0.3 is 10.1 Å². The van der Waals surface area contributed by atoms with E-state index >= 15 is 0 Å². The molecule has 1 unspecified atom stereocenters. The van der Waals surface area contributed by atoms with Crippen molar-refractivity contribution in [3.63, 3.8) is 0 Å². The lowest BCUT2D eigenvalue weighted by atomic mass is 10.1. The van der Waals surface area contributed by atoms with Gasteiger partial charge in [-0.15, -0.1) is 22.7 Å². The molecule has 150 valence electrons. The van der Waals surface area contributed by atoms with Crippen molar-refractivity contribution < 1.29 is 9.53 Å². The van der Waals surface area contributed by atoms with Crippen LogP contribution in [0.25, 0.3) is 0 Å². The number of ether oxygens (including phenoxy) is 1. The maximum Gasteiger partial charge on any atom is 0.239 e. The molecule has 0 radical (unpaired) electrons. The summed E-state index contributed by atoms with van der Waals surface area (Å²) in [5, 5.41) is 16.5. The Morgan fingerprint density at radius 1 is 1.21 bits per heavy atom. The maximum atomic E-state index is 12.7. The summed E-state index contributed by atoms with van der Waals surface area (Å²) in [7, 11) is 1.65. The molecular weight excluding hydrogens is 402 g/mol. The van der Waals surface area contributed by atoms with Crippen molar-refractivity contribution in [2.75, 3.05) is 19.0 Å². The van der Waals surface area contributed by atoms with E-state index in [9.17, 15) is 4.79 Å². The van der Waals surface area contributed by atoms with E-state index in [2.05, 4.69) is 34.7 Å². The van der Waals surface area contributed by atoms with Crippen molar-refractivity contribution in [3.8, 4) is 11.8 Å². The van der Waals surface area contributed by atoms with Crippen LogP contribution in [-0.2, 0) is 17.8 Å². The molecule has 7 heteroatoms. The molecule has 29 heavy (non-hydrogen) atoms. The second-order valence-electron chi connectivity index (χ2n) is 6.71. The first-order valence-electron chi connectivity index (χ1n) is 9.26. The number of hydrogen-bond donors (Lipinski definition) is 1. The van der Waals surface area contributed by atoms with Gasteiger partial charge in [0, 0.05) is 17.5 Å². The predicted octanol–water partition coefficient (Wildman–Crippen LogP) is 4.76. The van der Waals surface area contributed by atoms with Crippen molar-refractivity contribution in [3.05, 3.63) is 69.2 Å². The Morgan fingerprint density at radius 2 is 2.00 bits per heavy atom. The Hall–Kier alpha value is -2.66. The van der Waals surface area contributed by atoms with Gasteiger partial charge in [-0.25, -0.2) is 0 Å². The van der Waals surface area contributed by atoms with E-state index in [1.54, 1.807) is 24.5 Å². The molecule has 0 bridgehead atoms. The SMILES string of the molecule is COc1ccc(CN(CC(=O)Nc2sccc2C#N)C(C)Cc2cccs2)cc1. The van der Waals surface area contributed by atoms with Crippen LogP contribution in [0.2, 0.25) is 0 Å². The molecule has 0 aliphatic heterocycles. The topological polar surface area (TPSA) is 65.4 Å². The molecule has 0 aliphatic carbocycles. The van der Waals surface area contributed by atoms with Crippen LogP contribution >= 0.6 is 22.7 Å². The molecule has 5 nitrogen and oxygen atoms in total. The van der Waals surface area contributed by atoms with Crippen LogP contribution in [0.4, 0.5) is 5.00 Å². The van der Waals surface area contributed by atoms with Crippen molar-refractivity contribution in [1.82, 2.24) is 4.90 Å². The van der Waals surface area contributed by atoms with Crippen LogP contribution < -0.4 is 10.1 Å². The summed E-state index contributed by atoms with van der Waals surface area (Å²) in [6.07, 6.45) is 0.879. The molecule has 0 saturated heterocycles. The van der Waals surface area contributed by atoms with Crippen LogP contribution in [0.1, 0.15) is 22.9 Å². The van der Waals surface area contributed by atoms with Gasteiger partial charge in [-0.1, -0.05) is 18.2 Å². The predicted molar refractivity (Wildman–Crippen MR) is 119 cm³/mol. The third-order valence-electron chi connectivity index (χ3n) is 4.63. The normalized spacial score (nSPS) is 11.8. The van der Waals surface area contributed by atoms with Gasteiger partial charge in [0.2, 0.25) is 5.91 Å². The second-order valence-corrected chi connectivity index (χ2v) is 8.66.